The van der Waals surface area contributed by atoms with Crippen LogP contribution in [0.25, 0.3) is 0 Å². The highest BCUT2D eigenvalue weighted by molar-refractivity contribution is 6.02. The lowest BCUT2D eigenvalue weighted by molar-refractivity contribution is -0.137. The van der Waals surface area contributed by atoms with Crippen molar-refractivity contribution in [2.45, 2.75) is 13.3 Å². The van der Waals surface area contributed by atoms with Crippen molar-refractivity contribution < 1.29 is 23.9 Å². The fourth-order valence-electron chi connectivity index (χ4n) is 1.14. The van der Waals surface area contributed by atoms with Gasteiger partial charge in [0.25, 0.3) is 5.91 Å². The molecule has 0 saturated carbocycles. The van der Waals surface area contributed by atoms with Gasteiger partial charge < -0.3 is 9.52 Å². The number of rotatable bonds is 4. The number of furan rings is 1. The fourth-order valence-corrected chi connectivity index (χ4v) is 1.14. The third-order valence-electron chi connectivity index (χ3n) is 1.91. The largest absolute Gasteiger partial charge is 0.481 e. The molecule has 16 heavy (non-hydrogen) atoms. The van der Waals surface area contributed by atoms with E-state index in [1.807, 2.05) is 0 Å². The second kappa shape index (κ2) is 5.11. The number of imide groups is 1. The highest BCUT2D eigenvalue weighted by Crippen LogP contribution is 2.06. The average Bonchev–Trinajstić information content (AvgIpc) is 2.69. The van der Waals surface area contributed by atoms with Crippen molar-refractivity contribution in [3.8, 4) is 0 Å². The van der Waals surface area contributed by atoms with Crippen molar-refractivity contribution in [1.29, 1.82) is 0 Å². The molecule has 6 nitrogen and oxygen atoms in total. The maximum atomic E-state index is 11.7. The molecule has 0 spiro atoms. The lowest BCUT2D eigenvalue weighted by Gasteiger charge is -2.16. The first-order valence-electron chi connectivity index (χ1n) is 4.60. The SMILES string of the molecule is CC(=O)N(CCC(=O)O)C(=O)c1ccco1. The molecule has 1 aromatic rings. The minimum atomic E-state index is -1.07. The Morgan fingerprint density at radius 3 is 2.56 bits per heavy atom. The summed E-state index contributed by atoms with van der Waals surface area (Å²) in [7, 11) is 0. The Kier molecular flexibility index (Phi) is 3.82. The van der Waals surface area contributed by atoms with Crippen LogP contribution >= 0.6 is 0 Å². The van der Waals surface area contributed by atoms with E-state index in [1.54, 1.807) is 0 Å². The van der Waals surface area contributed by atoms with Gasteiger partial charge in [-0.25, -0.2) is 0 Å². The summed E-state index contributed by atoms with van der Waals surface area (Å²) >= 11 is 0. The standard InChI is InChI=1S/C10H11NO5/c1-7(12)11(5-4-9(13)14)10(15)8-3-2-6-16-8/h2-3,6H,4-5H2,1H3,(H,13,14). The van der Waals surface area contributed by atoms with Gasteiger partial charge in [0, 0.05) is 13.5 Å². The first-order chi connectivity index (χ1) is 7.52. The molecule has 0 atom stereocenters. The number of carbonyl (C=O) groups is 3. The highest BCUT2D eigenvalue weighted by atomic mass is 16.4. The monoisotopic (exact) mass is 225 g/mol. The van der Waals surface area contributed by atoms with Crippen molar-refractivity contribution in [2.24, 2.45) is 0 Å². The summed E-state index contributed by atoms with van der Waals surface area (Å²) in [6.07, 6.45) is 1.02. The number of aliphatic carboxylic acids is 1. The summed E-state index contributed by atoms with van der Waals surface area (Å²) < 4.78 is 4.84. The van der Waals surface area contributed by atoms with E-state index in [2.05, 4.69) is 0 Å². The van der Waals surface area contributed by atoms with Crippen molar-refractivity contribution in [2.75, 3.05) is 6.54 Å². The van der Waals surface area contributed by atoms with Crippen molar-refractivity contribution in [3.63, 3.8) is 0 Å². The molecule has 1 N–H and O–H groups in total. The molecule has 2 amide bonds. The number of carboxylic acids is 1. The normalized spacial score (nSPS) is 9.81. The Hall–Kier alpha value is -2.11. The minimum Gasteiger partial charge on any atom is -0.481 e. The lowest BCUT2D eigenvalue weighted by Crippen LogP contribution is -2.36. The van der Waals surface area contributed by atoms with Gasteiger partial charge in [-0.1, -0.05) is 0 Å². The van der Waals surface area contributed by atoms with Gasteiger partial charge >= 0.3 is 5.97 Å². The molecule has 0 aliphatic rings. The van der Waals surface area contributed by atoms with E-state index in [0.717, 1.165) is 4.90 Å². The number of amides is 2. The molecule has 0 aliphatic heterocycles. The summed E-state index contributed by atoms with van der Waals surface area (Å²) in [5.74, 6) is -2.19. The van der Waals surface area contributed by atoms with Crippen LogP contribution in [-0.4, -0.2) is 34.3 Å². The van der Waals surface area contributed by atoms with Gasteiger partial charge in [0.2, 0.25) is 5.91 Å². The van der Waals surface area contributed by atoms with Crippen molar-refractivity contribution in [1.82, 2.24) is 4.90 Å². The molecule has 1 heterocycles. The van der Waals surface area contributed by atoms with Gasteiger partial charge in [-0.2, -0.15) is 0 Å². The molecule has 86 valence electrons. The van der Waals surface area contributed by atoms with Crippen molar-refractivity contribution in [3.05, 3.63) is 24.2 Å². The molecular formula is C10H11NO5. The van der Waals surface area contributed by atoms with Crippen LogP contribution in [0.3, 0.4) is 0 Å². The Morgan fingerprint density at radius 2 is 2.12 bits per heavy atom. The number of carboxylic acid groups (broad SMARTS) is 1. The third kappa shape index (κ3) is 2.94. The molecule has 0 fully saturated rings. The molecule has 1 rings (SSSR count). The topological polar surface area (TPSA) is 87.8 Å². The summed E-state index contributed by atoms with van der Waals surface area (Å²) in [5.41, 5.74) is 0. The lowest BCUT2D eigenvalue weighted by atomic mass is 10.3. The van der Waals surface area contributed by atoms with Crippen LogP contribution in [0.1, 0.15) is 23.9 Å². The quantitative estimate of drug-likeness (QED) is 0.816. The molecule has 0 aliphatic carbocycles. The first kappa shape index (κ1) is 12.0. The molecule has 0 saturated heterocycles. The summed E-state index contributed by atoms with van der Waals surface area (Å²) in [6.45, 7) is 1.03. The van der Waals surface area contributed by atoms with E-state index in [1.165, 1.54) is 25.3 Å². The third-order valence-corrected chi connectivity index (χ3v) is 1.91. The average molecular weight is 225 g/mol. The number of hydrogen-bond donors (Lipinski definition) is 1. The predicted octanol–water partition coefficient (Wildman–Crippen LogP) is 0.743. The summed E-state index contributed by atoms with van der Waals surface area (Å²) in [4.78, 5) is 34.0. The van der Waals surface area contributed by atoms with E-state index in [9.17, 15) is 14.4 Å². The molecule has 0 bridgehead atoms. The molecule has 1 aromatic heterocycles. The zero-order valence-electron chi connectivity index (χ0n) is 8.67. The Balaban J connectivity index is 2.74. The number of hydrogen-bond acceptors (Lipinski definition) is 4. The first-order valence-corrected chi connectivity index (χ1v) is 4.60. The Morgan fingerprint density at radius 1 is 1.44 bits per heavy atom. The Labute approximate surface area is 91.5 Å². The molecule has 0 unspecified atom stereocenters. The summed E-state index contributed by atoms with van der Waals surface area (Å²) in [5, 5.41) is 8.48. The van der Waals surface area contributed by atoms with Crippen LogP contribution in [0.2, 0.25) is 0 Å². The van der Waals surface area contributed by atoms with Gasteiger partial charge in [-0.15, -0.1) is 0 Å². The van der Waals surface area contributed by atoms with Gasteiger partial charge in [0.15, 0.2) is 5.76 Å². The van der Waals surface area contributed by atoms with Crippen LogP contribution < -0.4 is 0 Å². The smallest absolute Gasteiger partial charge is 0.305 e. The van der Waals surface area contributed by atoms with Gasteiger partial charge in [0.05, 0.1) is 12.7 Å². The zero-order valence-corrected chi connectivity index (χ0v) is 8.67. The van der Waals surface area contributed by atoms with E-state index < -0.39 is 17.8 Å². The number of carbonyl (C=O) groups excluding carboxylic acids is 2. The van der Waals surface area contributed by atoms with Gasteiger partial charge in [-0.3, -0.25) is 19.3 Å². The zero-order chi connectivity index (χ0) is 12.1. The molecular weight excluding hydrogens is 214 g/mol. The van der Waals surface area contributed by atoms with Gasteiger partial charge in [-0.05, 0) is 12.1 Å². The molecule has 6 heteroatoms. The van der Waals surface area contributed by atoms with Crippen LogP contribution in [0.15, 0.2) is 22.8 Å². The highest BCUT2D eigenvalue weighted by Gasteiger charge is 2.22. The Bertz CT molecular complexity index is 395. The van der Waals surface area contributed by atoms with Gasteiger partial charge in [0.1, 0.15) is 0 Å². The van der Waals surface area contributed by atoms with E-state index in [4.69, 9.17) is 9.52 Å². The number of nitrogens with zero attached hydrogens (tertiary/aromatic N) is 1. The second-order valence-electron chi connectivity index (χ2n) is 3.10. The summed E-state index contributed by atoms with van der Waals surface area (Å²) in [6, 6.07) is 2.93. The molecule has 0 radical (unpaired) electrons. The maximum Gasteiger partial charge on any atom is 0.305 e. The second-order valence-corrected chi connectivity index (χ2v) is 3.10. The predicted molar refractivity (Wildman–Crippen MR) is 52.7 cm³/mol. The van der Waals surface area contributed by atoms with Crippen LogP contribution in [0.5, 0.6) is 0 Å². The minimum absolute atomic E-state index is 0.0144. The van der Waals surface area contributed by atoms with E-state index in [-0.39, 0.29) is 18.7 Å². The van der Waals surface area contributed by atoms with Crippen LogP contribution in [0.4, 0.5) is 0 Å². The van der Waals surface area contributed by atoms with E-state index in [0.29, 0.717) is 0 Å². The fraction of sp³-hybridized carbons (Fsp3) is 0.300. The van der Waals surface area contributed by atoms with E-state index >= 15 is 0 Å². The van der Waals surface area contributed by atoms with Crippen LogP contribution in [-0.2, 0) is 9.59 Å². The molecule has 0 aromatic carbocycles. The van der Waals surface area contributed by atoms with Crippen LogP contribution in [0, 0.1) is 0 Å². The maximum absolute atomic E-state index is 11.7. The van der Waals surface area contributed by atoms with Crippen molar-refractivity contribution >= 4 is 17.8 Å².